The average molecular weight is 266 g/mol. The van der Waals surface area contributed by atoms with Crippen LogP contribution in [-0.4, -0.2) is 21.9 Å². The summed E-state index contributed by atoms with van der Waals surface area (Å²) >= 11 is 0. The van der Waals surface area contributed by atoms with Gasteiger partial charge in [-0.3, -0.25) is 4.79 Å². The molecule has 1 aromatic rings. The first-order valence-electron chi connectivity index (χ1n) is 6.68. The van der Waals surface area contributed by atoms with Crippen LogP contribution in [0.5, 0.6) is 0 Å². The topological polar surface area (TPSA) is 80.9 Å². The van der Waals surface area contributed by atoms with Gasteiger partial charge in [-0.1, -0.05) is 19.8 Å². The molecule has 3 N–H and O–H groups in total. The lowest BCUT2D eigenvalue weighted by atomic mass is 9.84. The van der Waals surface area contributed by atoms with Crippen LogP contribution in [0.4, 0.5) is 10.2 Å². The van der Waals surface area contributed by atoms with E-state index in [0.717, 1.165) is 25.7 Å². The highest BCUT2D eigenvalue weighted by molar-refractivity contribution is 5.78. The highest BCUT2D eigenvalue weighted by Gasteiger charge is 2.30. The van der Waals surface area contributed by atoms with E-state index in [4.69, 9.17) is 5.73 Å². The number of primary amides is 1. The molecule has 6 heteroatoms. The molecule has 0 saturated heterocycles. The first kappa shape index (κ1) is 13.7. The van der Waals surface area contributed by atoms with E-state index in [2.05, 4.69) is 15.3 Å². The summed E-state index contributed by atoms with van der Waals surface area (Å²) in [5.74, 6) is -0.848. The first-order valence-corrected chi connectivity index (χ1v) is 6.68. The van der Waals surface area contributed by atoms with Gasteiger partial charge in [0.1, 0.15) is 6.33 Å². The number of nitrogens with two attached hydrogens (primary N) is 1. The van der Waals surface area contributed by atoms with Gasteiger partial charge in [-0.15, -0.1) is 0 Å². The van der Waals surface area contributed by atoms with Gasteiger partial charge in [-0.2, -0.15) is 0 Å². The number of halogens is 1. The van der Waals surface area contributed by atoms with E-state index in [0.29, 0.717) is 12.1 Å². The number of carbonyl (C=O) groups is 1. The minimum Gasteiger partial charge on any atom is -0.369 e. The highest BCUT2D eigenvalue weighted by Crippen LogP contribution is 2.27. The second-order valence-corrected chi connectivity index (χ2v) is 4.88. The van der Waals surface area contributed by atoms with Crippen LogP contribution in [0, 0.1) is 11.7 Å². The number of rotatable bonds is 4. The van der Waals surface area contributed by atoms with Gasteiger partial charge < -0.3 is 11.1 Å². The van der Waals surface area contributed by atoms with Crippen LogP contribution in [0.25, 0.3) is 0 Å². The maximum Gasteiger partial charge on any atom is 0.222 e. The zero-order chi connectivity index (χ0) is 13.8. The Morgan fingerprint density at radius 3 is 2.89 bits per heavy atom. The largest absolute Gasteiger partial charge is 0.369 e. The quantitative estimate of drug-likeness (QED) is 0.868. The molecule has 1 amide bonds. The molecule has 104 valence electrons. The summed E-state index contributed by atoms with van der Waals surface area (Å²) < 4.78 is 14.1. The van der Waals surface area contributed by atoms with Crippen molar-refractivity contribution in [2.75, 3.05) is 5.32 Å². The molecule has 1 aliphatic carbocycles. The summed E-state index contributed by atoms with van der Waals surface area (Å²) in [6.45, 7) is 1.84. The van der Waals surface area contributed by atoms with Gasteiger partial charge in [0.25, 0.3) is 0 Å². The van der Waals surface area contributed by atoms with Crippen LogP contribution < -0.4 is 11.1 Å². The van der Waals surface area contributed by atoms with Crippen molar-refractivity contribution in [2.24, 2.45) is 11.7 Å². The smallest absolute Gasteiger partial charge is 0.222 e. The molecular formula is C13H19FN4O. The Hall–Kier alpha value is -1.72. The predicted octanol–water partition coefficient (Wildman–Crippen LogP) is 1.63. The summed E-state index contributed by atoms with van der Waals surface area (Å²) in [6.07, 6.45) is 5.39. The van der Waals surface area contributed by atoms with E-state index in [1.54, 1.807) is 0 Å². The van der Waals surface area contributed by atoms with Gasteiger partial charge in [-0.25, -0.2) is 14.4 Å². The van der Waals surface area contributed by atoms with Crippen molar-refractivity contribution in [3.63, 3.8) is 0 Å². The van der Waals surface area contributed by atoms with Crippen molar-refractivity contribution < 1.29 is 9.18 Å². The number of hydrogen-bond acceptors (Lipinski definition) is 4. The van der Waals surface area contributed by atoms with Crippen LogP contribution in [0.15, 0.2) is 6.33 Å². The molecule has 0 spiro atoms. The zero-order valence-electron chi connectivity index (χ0n) is 11.0. The van der Waals surface area contributed by atoms with Crippen LogP contribution in [0.3, 0.4) is 0 Å². The molecule has 0 aliphatic heterocycles. The standard InChI is InChI=1S/C13H19FN4O/c1-2-9-11(14)13(17-7-16-9)18-10-6-4-3-5-8(10)12(15)19/h7-8,10H,2-6H2,1H3,(H2,15,19)(H,16,17,18). The summed E-state index contributed by atoms with van der Waals surface area (Å²) in [5.41, 5.74) is 5.78. The highest BCUT2D eigenvalue weighted by atomic mass is 19.1. The Morgan fingerprint density at radius 2 is 2.21 bits per heavy atom. The molecule has 0 aromatic carbocycles. The molecule has 1 aliphatic rings. The van der Waals surface area contributed by atoms with Crippen molar-refractivity contribution in [1.29, 1.82) is 0 Å². The molecular weight excluding hydrogens is 247 g/mol. The number of anilines is 1. The fourth-order valence-electron chi connectivity index (χ4n) is 2.57. The summed E-state index contributed by atoms with van der Waals surface area (Å²) in [4.78, 5) is 19.2. The summed E-state index contributed by atoms with van der Waals surface area (Å²) in [7, 11) is 0. The molecule has 2 atom stereocenters. The van der Waals surface area contributed by atoms with Crippen LogP contribution in [0.1, 0.15) is 38.3 Å². The van der Waals surface area contributed by atoms with Gasteiger partial charge in [-0.05, 0) is 19.3 Å². The number of nitrogens with one attached hydrogen (secondary N) is 1. The molecule has 1 saturated carbocycles. The fraction of sp³-hybridized carbons (Fsp3) is 0.615. The fourth-order valence-corrected chi connectivity index (χ4v) is 2.57. The number of carbonyl (C=O) groups excluding carboxylic acids is 1. The van der Waals surface area contributed by atoms with Crippen molar-refractivity contribution in [3.8, 4) is 0 Å². The third kappa shape index (κ3) is 3.00. The number of aryl methyl sites for hydroxylation is 1. The van der Waals surface area contributed by atoms with Gasteiger partial charge in [0, 0.05) is 6.04 Å². The van der Waals surface area contributed by atoms with Crippen LogP contribution in [-0.2, 0) is 11.2 Å². The molecule has 1 heterocycles. The van der Waals surface area contributed by atoms with Gasteiger partial charge >= 0.3 is 0 Å². The third-order valence-corrected chi connectivity index (χ3v) is 3.65. The van der Waals surface area contributed by atoms with Crippen molar-refractivity contribution in [2.45, 2.75) is 45.1 Å². The normalized spacial score (nSPS) is 23.1. The molecule has 0 bridgehead atoms. The monoisotopic (exact) mass is 266 g/mol. The Kier molecular flexibility index (Phi) is 4.29. The molecule has 5 nitrogen and oxygen atoms in total. The third-order valence-electron chi connectivity index (χ3n) is 3.65. The lowest BCUT2D eigenvalue weighted by molar-refractivity contribution is -0.122. The average Bonchev–Trinajstić information content (AvgIpc) is 2.41. The van der Waals surface area contributed by atoms with Gasteiger partial charge in [0.05, 0.1) is 11.6 Å². The Labute approximate surface area is 111 Å². The van der Waals surface area contributed by atoms with E-state index in [1.165, 1.54) is 6.33 Å². The molecule has 2 rings (SSSR count). The minimum absolute atomic E-state index is 0.139. The van der Waals surface area contributed by atoms with E-state index >= 15 is 0 Å². The van der Waals surface area contributed by atoms with E-state index in [-0.39, 0.29) is 23.7 Å². The molecule has 1 fully saturated rings. The Bertz CT molecular complexity index is 466. The first-order chi connectivity index (χ1) is 9.13. The number of nitrogens with zero attached hydrogens (tertiary/aromatic N) is 2. The molecule has 0 radical (unpaired) electrons. The van der Waals surface area contributed by atoms with E-state index in [9.17, 15) is 9.18 Å². The number of amides is 1. The lowest BCUT2D eigenvalue weighted by Crippen LogP contribution is -2.40. The Morgan fingerprint density at radius 1 is 1.47 bits per heavy atom. The van der Waals surface area contributed by atoms with Crippen LogP contribution in [0.2, 0.25) is 0 Å². The molecule has 1 aromatic heterocycles. The summed E-state index contributed by atoms with van der Waals surface area (Å²) in [5, 5.41) is 3.03. The van der Waals surface area contributed by atoms with E-state index in [1.807, 2.05) is 6.92 Å². The zero-order valence-corrected chi connectivity index (χ0v) is 11.0. The van der Waals surface area contributed by atoms with Crippen molar-refractivity contribution in [1.82, 2.24) is 9.97 Å². The van der Waals surface area contributed by atoms with Crippen molar-refractivity contribution in [3.05, 3.63) is 17.8 Å². The lowest BCUT2D eigenvalue weighted by Gasteiger charge is -2.30. The van der Waals surface area contributed by atoms with Crippen LogP contribution >= 0.6 is 0 Å². The van der Waals surface area contributed by atoms with E-state index < -0.39 is 5.82 Å². The SMILES string of the molecule is CCc1ncnc(NC2CCCCC2C(N)=O)c1F. The minimum atomic E-state index is -0.432. The molecule has 2 unspecified atom stereocenters. The Balaban J connectivity index is 2.17. The predicted molar refractivity (Wildman–Crippen MR) is 69.9 cm³/mol. The van der Waals surface area contributed by atoms with Crippen molar-refractivity contribution >= 4 is 11.7 Å². The van der Waals surface area contributed by atoms with Gasteiger partial charge in [0.15, 0.2) is 11.6 Å². The second kappa shape index (κ2) is 5.95. The van der Waals surface area contributed by atoms with Gasteiger partial charge in [0.2, 0.25) is 5.91 Å². The molecule has 19 heavy (non-hydrogen) atoms. The number of hydrogen-bond donors (Lipinski definition) is 2. The number of aromatic nitrogens is 2. The second-order valence-electron chi connectivity index (χ2n) is 4.88. The summed E-state index contributed by atoms with van der Waals surface area (Å²) in [6, 6.07) is -0.139. The maximum atomic E-state index is 14.1. The maximum absolute atomic E-state index is 14.1.